The van der Waals surface area contributed by atoms with Gasteiger partial charge in [0.2, 0.25) is 11.8 Å². The second-order valence-corrected chi connectivity index (χ2v) is 5.65. The van der Waals surface area contributed by atoms with Gasteiger partial charge in [0.05, 0.1) is 7.11 Å². The maximum atomic E-state index is 5.68. The number of rotatable bonds is 4. The summed E-state index contributed by atoms with van der Waals surface area (Å²) in [4.78, 5) is 8.34. The van der Waals surface area contributed by atoms with Crippen molar-refractivity contribution in [3.63, 3.8) is 0 Å². The van der Waals surface area contributed by atoms with Crippen LogP contribution in [0, 0.1) is 13.8 Å². The van der Waals surface area contributed by atoms with Crippen molar-refractivity contribution >= 4 is 11.8 Å². The van der Waals surface area contributed by atoms with Crippen LogP contribution in [0.1, 0.15) is 11.1 Å². The van der Waals surface area contributed by atoms with Gasteiger partial charge >= 0.3 is 0 Å². The Balaban J connectivity index is 1.84. The Bertz CT molecular complexity index is 783. The first-order valence-corrected chi connectivity index (χ1v) is 7.43. The number of methoxy groups -OCH3 is 1. The molecule has 2 aromatic heterocycles. The molecule has 0 spiro atoms. The van der Waals surface area contributed by atoms with Gasteiger partial charge in [-0.2, -0.15) is 4.98 Å². The fraction of sp³-hybridized carbons (Fsp3) is 0.200. The summed E-state index contributed by atoms with van der Waals surface area (Å²) >= 11 is 1.20. The summed E-state index contributed by atoms with van der Waals surface area (Å²) in [5, 5.41) is 9.00. The normalized spacial score (nSPS) is 10.7. The molecule has 0 aliphatic heterocycles. The predicted octanol–water partition coefficient (Wildman–Crippen LogP) is 3.30. The number of hydrogen-bond acceptors (Lipinski definition) is 7. The van der Waals surface area contributed by atoms with E-state index in [1.165, 1.54) is 11.8 Å². The van der Waals surface area contributed by atoms with Gasteiger partial charge in [-0.1, -0.05) is 17.2 Å². The fourth-order valence-corrected chi connectivity index (χ4v) is 2.64. The van der Waals surface area contributed by atoms with E-state index in [4.69, 9.17) is 9.15 Å². The van der Waals surface area contributed by atoms with Gasteiger partial charge in [0.25, 0.3) is 5.22 Å². The molecule has 0 amide bonds. The van der Waals surface area contributed by atoms with Crippen molar-refractivity contribution in [3.05, 3.63) is 41.6 Å². The van der Waals surface area contributed by atoms with E-state index in [0.717, 1.165) is 16.7 Å². The molecule has 0 saturated carbocycles. The summed E-state index contributed by atoms with van der Waals surface area (Å²) in [7, 11) is 1.56. The molecule has 0 aliphatic carbocycles. The molecule has 0 unspecified atom stereocenters. The first-order valence-electron chi connectivity index (χ1n) is 6.61. The van der Waals surface area contributed by atoms with E-state index >= 15 is 0 Å². The van der Waals surface area contributed by atoms with Crippen molar-refractivity contribution < 1.29 is 9.15 Å². The minimum absolute atomic E-state index is 0.391. The van der Waals surface area contributed by atoms with Crippen molar-refractivity contribution in [1.29, 1.82) is 0 Å². The second-order valence-electron chi connectivity index (χ2n) is 4.73. The summed E-state index contributed by atoms with van der Waals surface area (Å²) in [5.74, 6) is 0.976. The minimum Gasteiger partial charge on any atom is -0.481 e. The van der Waals surface area contributed by atoms with E-state index in [1.54, 1.807) is 19.4 Å². The molecular weight excluding hydrogens is 300 g/mol. The number of hydrogen-bond donors (Lipinski definition) is 0. The lowest BCUT2D eigenvalue weighted by Crippen LogP contribution is -1.90. The zero-order valence-electron chi connectivity index (χ0n) is 12.4. The minimum atomic E-state index is 0.391. The fourth-order valence-electron chi connectivity index (χ4n) is 2.03. The molecule has 0 radical (unpaired) electrons. The van der Waals surface area contributed by atoms with Crippen molar-refractivity contribution in [2.24, 2.45) is 0 Å². The Hall–Kier alpha value is -2.41. The Morgan fingerprint density at radius 1 is 1.09 bits per heavy atom. The molecule has 22 heavy (non-hydrogen) atoms. The van der Waals surface area contributed by atoms with E-state index in [9.17, 15) is 0 Å². The third-order valence-corrected chi connectivity index (χ3v) is 3.59. The topological polar surface area (TPSA) is 73.9 Å². The summed E-state index contributed by atoms with van der Waals surface area (Å²) in [6, 6.07) is 7.80. The van der Waals surface area contributed by atoms with E-state index in [2.05, 4.69) is 26.2 Å². The van der Waals surface area contributed by atoms with Crippen LogP contribution < -0.4 is 4.74 Å². The third kappa shape index (κ3) is 3.25. The van der Waals surface area contributed by atoms with Crippen LogP contribution in [-0.4, -0.2) is 27.3 Å². The molecule has 112 valence electrons. The average molecular weight is 314 g/mol. The largest absolute Gasteiger partial charge is 0.481 e. The van der Waals surface area contributed by atoms with Crippen LogP contribution in [0.3, 0.4) is 0 Å². The molecule has 3 aromatic rings. The first kappa shape index (κ1) is 14.5. The molecule has 0 fully saturated rings. The van der Waals surface area contributed by atoms with E-state index in [0.29, 0.717) is 22.1 Å². The van der Waals surface area contributed by atoms with Crippen molar-refractivity contribution in [3.8, 4) is 17.3 Å². The van der Waals surface area contributed by atoms with Gasteiger partial charge in [-0.25, -0.2) is 4.98 Å². The molecule has 2 heterocycles. The van der Waals surface area contributed by atoms with Crippen LogP contribution in [0.4, 0.5) is 0 Å². The molecule has 0 atom stereocenters. The van der Waals surface area contributed by atoms with Gasteiger partial charge in [0.15, 0.2) is 5.16 Å². The van der Waals surface area contributed by atoms with Gasteiger partial charge < -0.3 is 9.15 Å². The first-order chi connectivity index (χ1) is 10.6. The summed E-state index contributed by atoms with van der Waals surface area (Å²) < 4.78 is 10.7. The quantitative estimate of drug-likeness (QED) is 0.684. The van der Waals surface area contributed by atoms with Gasteiger partial charge in [-0.05, 0) is 26.0 Å². The molecule has 0 N–H and O–H groups in total. The number of aromatic nitrogens is 4. The number of benzene rings is 1. The summed E-state index contributed by atoms with van der Waals surface area (Å²) in [5.41, 5.74) is 3.21. The predicted molar refractivity (Wildman–Crippen MR) is 81.9 cm³/mol. The number of nitrogens with zero attached hydrogens (tertiary/aromatic N) is 4. The van der Waals surface area contributed by atoms with Crippen LogP contribution in [0.15, 0.2) is 45.3 Å². The number of aryl methyl sites for hydroxylation is 2. The van der Waals surface area contributed by atoms with Gasteiger partial charge in [-0.3, -0.25) is 0 Å². The van der Waals surface area contributed by atoms with Crippen molar-refractivity contribution in [2.75, 3.05) is 7.11 Å². The molecule has 3 rings (SSSR count). The molecular formula is C15H14N4O2S. The average Bonchev–Trinajstić information content (AvgIpc) is 2.95. The van der Waals surface area contributed by atoms with Crippen LogP contribution in [0.25, 0.3) is 11.5 Å². The highest BCUT2D eigenvalue weighted by atomic mass is 32.2. The Morgan fingerprint density at radius 2 is 1.86 bits per heavy atom. The SMILES string of the molecule is COc1ccnc(Sc2nnc(-c3cc(C)cc(C)c3)o2)n1. The smallest absolute Gasteiger partial charge is 0.284 e. The van der Waals surface area contributed by atoms with Crippen LogP contribution in [-0.2, 0) is 0 Å². The Labute approximate surface area is 132 Å². The molecule has 0 saturated heterocycles. The van der Waals surface area contributed by atoms with Crippen LogP contribution >= 0.6 is 11.8 Å². The maximum Gasteiger partial charge on any atom is 0.284 e. The second kappa shape index (κ2) is 6.15. The maximum absolute atomic E-state index is 5.68. The highest BCUT2D eigenvalue weighted by Gasteiger charge is 2.12. The third-order valence-electron chi connectivity index (χ3n) is 2.87. The van der Waals surface area contributed by atoms with Crippen LogP contribution in [0.2, 0.25) is 0 Å². The monoisotopic (exact) mass is 314 g/mol. The van der Waals surface area contributed by atoms with Gasteiger partial charge in [0, 0.05) is 29.6 Å². The van der Waals surface area contributed by atoms with E-state index in [-0.39, 0.29) is 0 Å². The van der Waals surface area contributed by atoms with E-state index in [1.807, 2.05) is 26.0 Å². The van der Waals surface area contributed by atoms with Crippen LogP contribution in [0.5, 0.6) is 5.88 Å². The summed E-state index contributed by atoms with van der Waals surface area (Å²) in [6.07, 6.45) is 1.62. The molecule has 6 nitrogen and oxygen atoms in total. The van der Waals surface area contributed by atoms with Gasteiger partial charge in [-0.15, -0.1) is 10.2 Å². The standard InChI is InChI=1S/C15H14N4O2S/c1-9-6-10(2)8-11(7-9)13-18-19-15(21-13)22-14-16-5-4-12(17-14)20-3/h4-8H,1-3H3. The lowest BCUT2D eigenvalue weighted by atomic mass is 10.1. The highest BCUT2D eigenvalue weighted by molar-refractivity contribution is 7.98. The number of ether oxygens (including phenoxy) is 1. The Kier molecular flexibility index (Phi) is 4.06. The lowest BCUT2D eigenvalue weighted by molar-refractivity contribution is 0.392. The highest BCUT2D eigenvalue weighted by Crippen LogP contribution is 2.28. The molecule has 0 aliphatic rings. The zero-order chi connectivity index (χ0) is 15.5. The Morgan fingerprint density at radius 3 is 2.59 bits per heavy atom. The molecule has 7 heteroatoms. The van der Waals surface area contributed by atoms with Crippen molar-refractivity contribution in [1.82, 2.24) is 20.2 Å². The van der Waals surface area contributed by atoms with Gasteiger partial charge in [0.1, 0.15) is 0 Å². The van der Waals surface area contributed by atoms with Crippen molar-refractivity contribution in [2.45, 2.75) is 24.2 Å². The van der Waals surface area contributed by atoms with E-state index < -0.39 is 0 Å². The summed E-state index contributed by atoms with van der Waals surface area (Å²) in [6.45, 7) is 4.07. The molecule has 0 bridgehead atoms. The zero-order valence-corrected chi connectivity index (χ0v) is 13.2. The lowest BCUT2D eigenvalue weighted by Gasteiger charge is -2.00. The molecule has 1 aromatic carbocycles.